The van der Waals surface area contributed by atoms with Gasteiger partial charge in [0.15, 0.2) is 0 Å². The molecule has 0 aliphatic carbocycles. The summed E-state index contributed by atoms with van der Waals surface area (Å²) in [5, 5.41) is 1.97. The van der Waals surface area contributed by atoms with Gasteiger partial charge in [-0.1, -0.05) is 6.07 Å². The summed E-state index contributed by atoms with van der Waals surface area (Å²) in [5.41, 5.74) is 0.625. The van der Waals surface area contributed by atoms with Crippen LogP contribution in [0.2, 0.25) is 0 Å². The lowest BCUT2D eigenvalue weighted by atomic mass is 10.2. The first-order valence-corrected chi connectivity index (χ1v) is 4.42. The van der Waals surface area contributed by atoms with Gasteiger partial charge in [0.1, 0.15) is 0 Å². The van der Waals surface area contributed by atoms with Gasteiger partial charge in [-0.3, -0.25) is 0 Å². The molecule has 0 unspecified atom stereocenters. The van der Waals surface area contributed by atoms with E-state index in [1.165, 1.54) is 7.11 Å². The standard InChI is InChI=1S/C9H10O2S/c1-7(9(10)11-2)6-8-4-3-5-12-8/h3-6H,1-2H3/b7-6+. The molecule has 0 aliphatic heterocycles. The van der Waals surface area contributed by atoms with E-state index in [4.69, 9.17) is 0 Å². The molecular formula is C9H10O2S. The largest absolute Gasteiger partial charge is 0.466 e. The van der Waals surface area contributed by atoms with Crippen molar-refractivity contribution in [1.29, 1.82) is 0 Å². The third-order valence-corrected chi connectivity index (χ3v) is 2.23. The number of hydrogen-bond donors (Lipinski definition) is 0. The normalized spacial score (nSPS) is 11.3. The highest BCUT2D eigenvalue weighted by Gasteiger charge is 2.02. The fourth-order valence-corrected chi connectivity index (χ4v) is 1.52. The van der Waals surface area contributed by atoms with Gasteiger partial charge in [-0.2, -0.15) is 0 Å². The number of rotatable bonds is 2. The molecule has 0 atom stereocenters. The maximum Gasteiger partial charge on any atom is 0.333 e. The maximum atomic E-state index is 11.0. The SMILES string of the molecule is COC(=O)/C(C)=C/c1cccs1. The van der Waals surface area contributed by atoms with E-state index < -0.39 is 0 Å². The second-order valence-corrected chi connectivity index (χ2v) is 3.31. The summed E-state index contributed by atoms with van der Waals surface area (Å²) in [7, 11) is 1.38. The zero-order valence-electron chi connectivity index (χ0n) is 7.03. The van der Waals surface area contributed by atoms with Gasteiger partial charge in [-0.05, 0) is 24.4 Å². The van der Waals surface area contributed by atoms with Gasteiger partial charge in [-0.15, -0.1) is 11.3 Å². The van der Waals surface area contributed by atoms with Crippen LogP contribution in [0, 0.1) is 0 Å². The monoisotopic (exact) mass is 182 g/mol. The summed E-state index contributed by atoms with van der Waals surface area (Å²) in [6.07, 6.45) is 1.82. The second-order valence-electron chi connectivity index (χ2n) is 2.33. The molecule has 0 amide bonds. The van der Waals surface area contributed by atoms with Crippen molar-refractivity contribution in [2.75, 3.05) is 7.11 Å². The van der Waals surface area contributed by atoms with Crippen LogP contribution in [0.1, 0.15) is 11.8 Å². The maximum absolute atomic E-state index is 11.0. The molecule has 0 N–H and O–H groups in total. The Morgan fingerprint density at radius 2 is 2.42 bits per heavy atom. The zero-order valence-corrected chi connectivity index (χ0v) is 7.85. The fourth-order valence-electron chi connectivity index (χ4n) is 0.807. The Labute approximate surface area is 75.5 Å². The Morgan fingerprint density at radius 1 is 1.67 bits per heavy atom. The quantitative estimate of drug-likeness (QED) is 0.518. The van der Waals surface area contributed by atoms with Gasteiger partial charge in [0.05, 0.1) is 7.11 Å². The van der Waals surface area contributed by atoms with Crippen LogP contribution >= 0.6 is 11.3 Å². The molecule has 1 aromatic heterocycles. The van der Waals surface area contributed by atoms with Crippen LogP contribution < -0.4 is 0 Å². The van der Waals surface area contributed by atoms with Crippen LogP contribution in [0.15, 0.2) is 23.1 Å². The van der Waals surface area contributed by atoms with Gasteiger partial charge in [0, 0.05) is 10.5 Å². The van der Waals surface area contributed by atoms with E-state index in [9.17, 15) is 4.79 Å². The molecular weight excluding hydrogens is 172 g/mol. The summed E-state index contributed by atoms with van der Waals surface area (Å²) in [5.74, 6) is -0.275. The average Bonchev–Trinajstić information content (AvgIpc) is 2.55. The molecule has 12 heavy (non-hydrogen) atoms. The van der Waals surface area contributed by atoms with Gasteiger partial charge in [-0.25, -0.2) is 4.79 Å². The lowest BCUT2D eigenvalue weighted by molar-refractivity contribution is -0.135. The first kappa shape index (κ1) is 9.00. The summed E-state index contributed by atoms with van der Waals surface area (Å²) in [6.45, 7) is 1.74. The molecule has 3 heteroatoms. The van der Waals surface area contributed by atoms with E-state index in [2.05, 4.69) is 4.74 Å². The Bertz CT molecular complexity index is 285. The molecule has 0 aromatic carbocycles. The molecule has 1 aromatic rings. The Balaban J connectivity index is 2.76. The summed E-state index contributed by atoms with van der Waals surface area (Å²) >= 11 is 1.59. The highest BCUT2D eigenvalue weighted by molar-refractivity contribution is 7.10. The van der Waals surface area contributed by atoms with Crippen molar-refractivity contribution >= 4 is 23.4 Å². The molecule has 0 aliphatic rings. The lowest BCUT2D eigenvalue weighted by Gasteiger charge is -1.96. The molecule has 0 saturated heterocycles. The van der Waals surface area contributed by atoms with Crippen molar-refractivity contribution < 1.29 is 9.53 Å². The molecule has 0 radical (unpaired) electrons. The molecule has 1 heterocycles. The Morgan fingerprint density at radius 3 is 2.92 bits per heavy atom. The number of carbonyl (C=O) groups excluding carboxylic acids is 1. The number of thiophene rings is 1. The number of ether oxygens (including phenoxy) is 1. The van der Waals surface area contributed by atoms with Crippen LogP contribution in [-0.4, -0.2) is 13.1 Å². The third kappa shape index (κ3) is 2.20. The molecule has 0 fully saturated rings. The number of esters is 1. The topological polar surface area (TPSA) is 26.3 Å². The minimum Gasteiger partial charge on any atom is -0.466 e. The van der Waals surface area contributed by atoms with Crippen molar-refractivity contribution in [2.45, 2.75) is 6.92 Å². The average molecular weight is 182 g/mol. The van der Waals surface area contributed by atoms with Crippen molar-refractivity contribution in [1.82, 2.24) is 0 Å². The highest BCUT2D eigenvalue weighted by Crippen LogP contribution is 2.13. The van der Waals surface area contributed by atoms with Crippen molar-refractivity contribution in [3.05, 3.63) is 28.0 Å². The van der Waals surface area contributed by atoms with Crippen molar-refractivity contribution in [3.8, 4) is 0 Å². The zero-order chi connectivity index (χ0) is 8.97. The summed E-state index contributed by atoms with van der Waals surface area (Å²) in [6, 6.07) is 3.90. The molecule has 0 bridgehead atoms. The molecule has 64 valence electrons. The van der Waals surface area contributed by atoms with Crippen LogP contribution in [0.3, 0.4) is 0 Å². The van der Waals surface area contributed by atoms with Crippen LogP contribution in [0.4, 0.5) is 0 Å². The molecule has 2 nitrogen and oxygen atoms in total. The second kappa shape index (κ2) is 4.07. The van der Waals surface area contributed by atoms with E-state index in [1.807, 2.05) is 23.6 Å². The van der Waals surface area contributed by atoms with Gasteiger partial charge in [0.2, 0.25) is 0 Å². The third-order valence-electron chi connectivity index (χ3n) is 1.41. The van der Waals surface area contributed by atoms with Gasteiger partial charge >= 0.3 is 5.97 Å². The Kier molecular flexibility index (Phi) is 3.05. The first-order valence-electron chi connectivity index (χ1n) is 3.54. The van der Waals surface area contributed by atoms with Gasteiger partial charge < -0.3 is 4.74 Å². The van der Waals surface area contributed by atoms with E-state index >= 15 is 0 Å². The van der Waals surface area contributed by atoms with Crippen LogP contribution in [0.25, 0.3) is 6.08 Å². The minimum atomic E-state index is -0.275. The number of hydrogen-bond acceptors (Lipinski definition) is 3. The van der Waals surface area contributed by atoms with Crippen LogP contribution in [-0.2, 0) is 9.53 Å². The van der Waals surface area contributed by atoms with Crippen molar-refractivity contribution in [2.24, 2.45) is 0 Å². The summed E-state index contributed by atoms with van der Waals surface area (Å²) in [4.78, 5) is 12.0. The number of methoxy groups -OCH3 is 1. The Hall–Kier alpha value is -1.09. The molecule has 0 saturated carbocycles. The van der Waals surface area contributed by atoms with E-state index in [0.717, 1.165) is 4.88 Å². The molecule has 0 spiro atoms. The smallest absolute Gasteiger partial charge is 0.333 e. The summed E-state index contributed by atoms with van der Waals surface area (Å²) < 4.78 is 4.56. The lowest BCUT2D eigenvalue weighted by Crippen LogP contribution is -2.00. The number of carbonyl (C=O) groups is 1. The predicted octanol–water partition coefficient (Wildman–Crippen LogP) is 2.32. The van der Waals surface area contributed by atoms with E-state index in [1.54, 1.807) is 18.3 Å². The van der Waals surface area contributed by atoms with E-state index in [-0.39, 0.29) is 5.97 Å². The first-order chi connectivity index (χ1) is 5.74. The van der Waals surface area contributed by atoms with Crippen LogP contribution in [0.5, 0.6) is 0 Å². The predicted molar refractivity (Wildman–Crippen MR) is 50.0 cm³/mol. The fraction of sp³-hybridized carbons (Fsp3) is 0.222. The van der Waals surface area contributed by atoms with E-state index in [0.29, 0.717) is 5.57 Å². The van der Waals surface area contributed by atoms with Gasteiger partial charge in [0.25, 0.3) is 0 Å². The minimum absolute atomic E-state index is 0.275. The highest BCUT2D eigenvalue weighted by atomic mass is 32.1. The molecule has 1 rings (SSSR count). The van der Waals surface area contributed by atoms with Crippen molar-refractivity contribution in [3.63, 3.8) is 0 Å².